The summed E-state index contributed by atoms with van der Waals surface area (Å²) in [6, 6.07) is 8.15. The van der Waals surface area contributed by atoms with Gasteiger partial charge in [-0.3, -0.25) is 0 Å². The Morgan fingerprint density at radius 3 is 2.37 bits per heavy atom. The zero-order valence-corrected chi connectivity index (χ0v) is 14.0. The molecule has 0 aliphatic carbocycles. The summed E-state index contributed by atoms with van der Waals surface area (Å²) >= 11 is 0.523. The maximum absolute atomic E-state index is 12.1. The maximum atomic E-state index is 12.1. The first kappa shape index (κ1) is 16.7. The molecule has 0 amide bonds. The van der Waals surface area contributed by atoms with Crippen LogP contribution in [0.2, 0.25) is 5.82 Å². The Bertz CT molecular complexity index is 388. The van der Waals surface area contributed by atoms with Gasteiger partial charge in [-0.1, -0.05) is 0 Å². The van der Waals surface area contributed by atoms with E-state index in [2.05, 4.69) is 22.9 Å². The Morgan fingerprint density at radius 2 is 1.79 bits per heavy atom. The van der Waals surface area contributed by atoms with E-state index in [1.165, 1.54) is 36.8 Å². The Kier molecular flexibility index (Phi) is 7.70. The van der Waals surface area contributed by atoms with Gasteiger partial charge < -0.3 is 0 Å². The second-order valence-electron chi connectivity index (χ2n) is 4.80. The fraction of sp³-hybridized carbons (Fsp3) is 0.533. The van der Waals surface area contributed by atoms with Crippen molar-refractivity contribution in [1.82, 2.24) is 4.90 Å². The second-order valence-corrected chi connectivity index (χ2v) is 6.65. The normalized spacial score (nSPS) is 15.8. The number of carbonyl (C=O) groups excluding carboxylic acids is 1. The molecule has 0 N–H and O–H groups in total. The van der Waals surface area contributed by atoms with Crippen molar-refractivity contribution in [3.05, 3.63) is 29.8 Å². The molecule has 19 heavy (non-hydrogen) atoms. The van der Waals surface area contributed by atoms with Crippen molar-refractivity contribution in [2.75, 3.05) is 19.6 Å². The van der Waals surface area contributed by atoms with E-state index < -0.39 is 0 Å². The third kappa shape index (κ3) is 5.27. The van der Waals surface area contributed by atoms with Crippen molar-refractivity contribution in [3.63, 3.8) is 0 Å². The minimum Gasteiger partial charge on any atom is -0.147 e. The van der Waals surface area contributed by atoms with Gasteiger partial charge in [0.15, 0.2) is 0 Å². The van der Waals surface area contributed by atoms with Crippen molar-refractivity contribution >= 4 is 37.6 Å². The molecule has 1 aromatic carbocycles. The van der Waals surface area contributed by atoms with Gasteiger partial charge in [-0.05, 0) is 0 Å². The molecule has 1 aromatic rings. The van der Waals surface area contributed by atoms with E-state index in [0.717, 1.165) is 12.1 Å². The average Bonchev–Trinajstić information content (AvgIpc) is 2.46. The molecule has 1 fully saturated rings. The van der Waals surface area contributed by atoms with Crippen LogP contribution in [-0.2, 0) is 0 Å². The summed E-state index contributed by atoms with van der Waals surface area (Å²) in [5.41, 5.74) is 0.875. The number of likely N-dealkylation sites (tertiary alicyclic amines) is 1. The molecule has 0 bridgehead atoms. The predicted molar refractivity (Wildman–Crippen MR) is 84.2 cm³/mol. The van der Waals surface area contributed by atoms with Crippen molar-refractivity contribution in [3.8, 4) is 0 Å². The quantitative estimate of drug-likeness (QED) is 0.603. The van der Waals surface area contributed by atoms with Crippen LogP contribution in [0.25, 0.3) is 0 Å². The Morgan fingerprint density at radius 1 is 1.16 bits per heavy atom. The third-order valence-corrected chi connectivity index (χ3v) is 5.08. The molecule has 0 aromatic heterocycles. The van der Waals surface area contributed by atoms with Crippen molar-refractivity contribution in [2.45, 2.75) is 31.5 Å². The predicted octanol–water partition coefficient (Wildman–Crippen LogP) is 2.54. The van der Waals surface area contributed by atoms with Crippen LogP contribution in [0.3, 0.4) is 0 Å². The van der Waals surface area contributed by atoms with Crippen LogP contribution < -0.4 is 4.46 Å². The smallest absolute Gasteiger partial charge is 0.147 e. The summed E-state index contributed by atoms with van der Waals surface area (Å²) in [7, 11) is 0. The zero-order valence-electron chi connectivity index (χ0n) is 11.4. The van der Waals surface area contributed by atoms with Gasteiger partial charge in [0.05, 0.1) is 0 Å². The fourth-order valence-electron chi connectivity index (χ4n) is 2.36. The minimum absolute atomic E-state index is 0. The third-order valence-electron chi connectivity index (χ3n) is 3.52. The van der Waals surface area contributed by atoms with Crippen LogP contribution in [0.5, 0.6) is 0 Å². The summed E-state index contributed by atoms with van der Waals surface area (Å²) < 4.78 is 1.36. The van der Waals surface area contributed by atoms with Gasteiger partial charge in [0.25, 0.3) is 0 Å². The van der Waals surface area contributed by atoms with E-state index in [1.54, 1.807) is 0 Å². The van der Waals surface area contributed by atoms with Gasteiger partial charge in [-0.25, -0.2) is 0 Å². The largest absolute Gasteiger partial charge is 0.147 e. The van der Waals surface area contributed by atoms with Gasteiger partial charge in [0.1, 0.15) is 0 Å². The van der Waals surface area contributed by atoms with Gasteiger partial charge in [0, 0.05) is 0 Å². The summed E-state index contributed by atoms with van der Waals surface area (Å²) in [6.07, 6.45) is 4.60. The standard InChI is InChI=1S/C15H21NOSe.ClH/c1-18-14-7-5-13(6-8-14)15(17)9-12-16-10-3-2-4-11-16;/h5-8H,2-4,9-12H2,1H3;1H. The molecule has 106 valence electrons. The molecule has 4 heteroatoms. The topological polar surface area (TPSA) is 20.3 Å². The van der Waals surface area contributed by atoms with Gasteiger partial charge >= 0.3 is 116 Å². The molecular weight excluding hydrogens is 325 g/mol. The van der Waals surface area contributed by atoms with Crippen LogP contribution in [-0.4, -0.2) is 45.3 Å². The molecule has 1 saturated heterocycles. The number of benzene rings is 1. The van der Waals surface area contributed by atoms with E-state index in [9.17, 15) is 4.79 Å². The fourth-order valence-corrected chi connectivity index (χ4v) is 3.22. The van der Waals surface area contributed by atoms with E-state index in [0.29, 0.717) is 21.4 Å². The number of nitrogens with zero attached hydrogens (tertiary/aromatic N) is 1. The van der Waals surface area contributed by atoms with Gasteiger partial charge in [0.2, 0.25) is 0 Å². The van der Waals surface area contributed by atoms with Crippen LogP contribution in [0.1, 0.15) is 36.0 Å². The van der Waals surface area contributed by atoms with Gasteiger partial charge in [-0.15, -0.1) is 12.4 Å². The molecular formula is C15H22ClNOSe. The van der Waals surface area contributed by atoms with Crippen molar-refractivity contribution in [2.24, 2.45) is 0 Å². The number of piperidine rings is 1. The average molecular weight is 347 g/mol. The molecule has 2 rings (SSSR count). The monoisotopic (exact) mass is 347 g/mol. The summed E-state index contributed by atoms with van der Waals surface area (Å²) in [4.78, 5) is 14.5. The molecule has 0 spiro atoms. The Balaban J connectivity index is 0.00000180. The van der Waals surface area contributed by atoms with Crippen LogP contribution in [0, 0.1) is 0 Å². The number of carbonyl (C=O) groups is 1. The molecule has 1 aliphatic heterocycles. The second kappa shape index (κ2) is 8.76. The number of halogens is 1. The van der Waals surface area contributed by atoms with E-state index in [-0.39, 0.29) is 18.2 Å². The molecule has 0 atom stereocenters. The van der Waals surface area contributed by atoms with Crippen molar-refractivity contribution < 1.29 is 4.79 Å². The van der Waals surface area contributed by atoms with Crippen molar-refractivity contribution in [1.29, 1.82) is 0 Å². The number of rotatable bonds is 5. The van der Waals surface area contributed by atoms with Crippen LogP contribution in [0.15, 0.2) is 24.3 Å². The molecule has 0 unspecified atom stereocenters. The SMILES string of the molecule is C[Se]c1ccc(C(=O)CCN2CCCCC2)cc1.Cl. The molecule has 1 aliphatic rings. The van der Waals surface area contributed by atoms with E-state index in [4.69, 9.17) is 0 Å². The Labute approximate surface area is 128 Å². The van der Waals surface area contributed by atoms with E-state index in [1.807, 2.05) is 12.1 Å². The van der Waals surface area contributed by atoms with E-state index >= 15 is 0 Å². The van der Waals surface area contributed by atoms with Gasteiger partial charge in [-0.2, -0.15) is 0 Å². The maximum Gasteiger partial charge on any atom is -0.147 e. The summed E-state index contributed by atoms with van der Waals surface area (Å²) in [5, 5.41) is 0. The molecule has 2 nitrogen and oxygen atoms in total. The minimum atomic E-state index is 0. The molecule has 1 heterocycles. The zero-order chi connectivity index (χ0) is 12.8. The number of ketones is 1. The number of hydrogen-bond acceptors (Lipinski definition) is 2. The molecule has 0 radical (unpaired) electrons. The number of hydrogen-bond donors (Lipinski definition) is 0. The molecule has 0 saturated carbocycles. The van der Waals surface area contributed by atoms with Crippen LogP contribution >= 0.6 is 12.4 Å². The first-order valence-electron chi connectivity index (χ1n) is 6.69. The Hall–Kier alpha value is -0.341. The first-order valence-corrected chi connectivity index (χ1v) is 9.26. The first-order chi connectivity index (χ1) is 8.79. The summed E-state index contributed by atoms with van der Waals surface area (Å²) in [5.74, 6) is 2.48. The number of Topliss-reactive ketones (excluding diaryl/α,β-unsaturated/α-hetero) is 1. The van der Waals surface area contributed by atoms with Crippen LogP contribution in [0.4, 0.5) is 0 Å². The summed E-state index contributed by atoms with van der Waals surface area (Å²) in [6.45, 7) is 3.27.